The summed E-state index contributed by atoms with van der Waals surface area (Å²) < 4.78 is 35.7. The van der Waals surface area contributed by atoms with E-state index in [1.165, 1.54) is 21.6 Å². The van der Waals surface area contributed by atoms with Gasteiger partial charge in [0.25, 0.3) is 12.3 Å². The molecule has 1 amide bonds. The lowest BCUT2D eigenvalue weighted by Crippen LogP contribution is -2.36. The van der Waals surface area contributed by atoms with Gasteiger partial charge in [0.05, 0.1) is 31.0 Å². The van der Waals surface area contributed by atoms with Gasteiger partial charge in [-0.25, -0.2) is 18.3 Å². The number of hydrogen-bond donors (Lipinski definition) is 2. The normalized spacial score (nSPS) is 20.7. The molecule has 3 aromatic rings. The van der Waals surface area contributed by atoms with Crippen LogP contribution >= 0.6 is 0 Å². The molecular formula is C23H27F2N7O4. The van der Waals surface area contributed by atoms with Crippen LogP contribution in [0.25, 0.3) is 5.65 Å². The predicted octanol–water partition coefficient (Wildman–Crippen LogP) is 2.84. The van der Waals surface area contributed by atoms with E-state index in [0.29, 0.717) is 70.0 Å². The van der Waals surface area contributed by atoms with Crippen LogP contribution in [0.5, 0.6) is 0 Å². The van der Waals surface area contributed by atoms with Crippen LogP contribution in [-0.4, -0.2) is 67.7 Å². The highest BCUT2D eigenvalue weighted by Gasteiger charge is 2.28. The molecule has 0 atom stereocenters. The van der Waals surface area contributed by atoms with E-state index in [2.05, 4.69) is 20.5 Å². The van der Waals surface area contributed by atoms with Gasteiger partial charge in [-0.1, -0.05) is 0 Å². The molecule has 0 bridgehead atoms. The van der Waals surface area contributed by atoms with Crippen molar-refractivity contribution in [3.05, 3.63) is 35.9 Å². The fourth-order valence-electron chi connectivity index (χ4n) is 4.82. The molecule has 0 unspecified atom stereocenters. The Morgan fingerprint density at radius 3 is 2.64 bits per heavy atom. The summed E-state index contributed by atoms with van der Waals surface area (Å²) >= 11 is 0. The zero-order valence-electron chi connectivity index (χ0n) is 19.5. The number of fused-ring (bicyclic) bond motifs is 1. The molecule has 1 aliphatic carbocycles. The Bertz CT molecular complexity index is 1250. The first-order valence-corrected chi connectivity index (χ1v) is 12.0. The Morgan fingerprint density at radius 1 is 1.19 bits per heavy atom. The maximum absolute atomic E-state index is 13.7. The number of morpholine rings is 1. The van der Waals surface area contributed by atoms with Crippen LogP contribution < -0.4 is 10.2 Å². The van der Waals surface area contributed by atoms with Crippen LogP contribution in [0, 0.1) is 11.8 Å². The highest BCUT2D eigenvalue weighted by atomic mass is 19.3. The van der Waals surface area contributed by atoms with Gasteiger partial charge in [-0.2, -0.15) is 10.2 Å². The minimum absolute atomic E-state index is 0.0714. The van der Waals surface area contributed by atoms with Gasteiger partial charge in [0, 0.05) is 32.0 Å². The van der Waals surface area contributed by atoms with E-state index in [4.69, 9.17) is 9.84 Å². The number of amides is 1. The van der Waals surface area contributed by atoms with Crippen molar-refractivity contribution in [3.8, 4) is 0 Å². The summed E-state index contributed by atoms with van der Waals surface area (Å²) in [4.78, 5) is 30.9. The fourth-order valence-corrected chi connectivity index (χ4v) is 4.82. The fraction of sp³-hybridized carbons (Fsp3) is 0.522. The molecule has 4 heterocycles. The van der Waals surface area contributed by atoms with Crippen LogP contribution in [0.4, 0.5) is 20.3 Å². The van der Waals surface area contributed by atoms with E-state index in [0.717, 1.165) is 0 Å². The Hall–Kier alpha value is -3.61. The molecule has 192 valence electrons. The summed E-state index contributed by atoms with van der Waals surface area (Å²) in [6, 6.07) is 1.80. The van der Waals surface area contributed by atoms with Crippen molar-refractivity contribution in [2.24, 2.45) is 11.8 Å². The Kier molecular flexibility index (Phi) is 6.81. The van der Waals surface area contributed by atoms with Crippen molar-refractivity contribution in [1.29, 1.82) is 0 Å². The van der Waals surface area contributed by atoms with Crippen molar-refractivity contribution >= 4 is 29.0 Å². The summed E-state index contributed by atoms with van der Waals surface area (Å²) in [5.74, 6) is -0.943. The molecule has 3 aromatic heterocycles. The number of alkyl halides is 2. The molecule has 2 aliphatic rings. The third kappa shape index (κ3) is 5.01. The third-order valence-electron chi connectivity index (χ3n) is 6.82. The van der Waals surface area contributed by atoms with Crippen LogP contribution in [0.15, 0.2) is 24.7 Å². The van der Waals surface area contributed by atoms with E-state index in [1.807, 2.05) is 4.90 Å². The van der Waals surface area contributed by atoms with E-state index in [1.54, 1.807) is 12.3 Å². The lowest BCUT2D eigenvalue weighted by molar-refractivity contribution is -0.143. The van der Waals surface area contributed by atoms with Gasteiger partial charge in [0.2, 0.25) is 0 Å². The Morgan fingerprint density at radius 2 is 1.94 bits per heavy atom. The molecule has 36 heavy (non-hydrogen) atoms. The highest BCUT2D eigenvalue weighted by Crippen LogP contribution is 2.32. The van der Waals surface area contributed by atoms with Crippen molar-refractivity contribution in [2.45, 2.75) is 38.7 Å². The molecule has 1 saturated heterocycles. The van der Waals surface area contributed by atoms with Crippen LogP contribution in [0.2, 0.25) is 0 Å². The van der Waals surface area contributed by atoms with Crippen molar-refractivity contribution in [1.82, 2.24) is 24.4 Å². The molecule has 0 radical (unpaired) electrons. The largest absolute Gasteiger partial charge is 0.481 e. The smallest absolute Gasteiger partial charge is 0.306 e. The molecule has 1 aliphatic heterocycles. The van der Waals surface area contributed by atoms with Gasteiger partial charge >= 0.3 is 5.97 Å². The lowest BCUT2D eigenvalue weighted by atomic mass is 9.82. The first kappa shape index (κ1) is 24.1. The number of aromatic nitrogens is 5. The number of carbonyl (C=O) groups is 2. The highest BCUT2D eigenvalue weighted by molar-refractivity contribution is 6.08. The molecule has 0 spiro atoms. The van der Waals surface area contributed by atoms with E-state index in [-0.39, 0.29) is 23.1 Å². The summed E-state index contributed by atoms with van der Waals surface area (Å²) in [6.07, 6.45) is 4.06. The topological polar surface area (TPSA) is 127 Å². The number of rotatable bonds is 7. The van der Waals surface area contributed by atoms with E-state index < -0.39 is 24.0 Å². The van der Waals surface area contributed by atoms with Crippen molar-refractivity contribution in [3.63, 3.8) is 0 Å². The monoisotopic (exact) mass is 503 g/mol. The molecule has 1 saturated carbocycles. The number of ether oxygens (including phenoxy) is 1. The molecule has 11 nitrogen and oxygen atoms in total. The van der Waals surface area contributed by atoms with Gasteiger partial charge < -0.3 is 20.1 Å². The van der Waals surface area contributed by atoms with Gasteiger partial charge in [0.15, 0.2) is 11.3 Å². The number of halogens is 2. The first-order valence-electron chi connectivity index (χ1n) is 12.0. The lowest BCUT2D eigenvalue weighted by Gasteiger charge is -2.27. The number of anilines is 2. The second kappa shape index (κ2) is 10.2. The quantitative estimate of drug-likeness (QED) is 0.504. The molecule has 2 fully saturated rings. The molecule has 5 rings (SSSR count). The van der Waals surface area contributed by atoms with E-state index >= 15 is 0 Å². The minimum Gasteiger partial charge on any atom is -0.481 e. The maximum Gasteiger partial charge on any atom is 0.306 e. The average molecular weight is 504 g/mol. The number of aliphatic carboxylic acids is 1. The SMILES string of the molecule is O=C(Nc1cn(CC2CCC(C(=O)O)CC2)nc1C(F)F)c1cnn2ccc(N3CCOCC3)nc12. The number of carbonyl (C=O) groups excluding carboxylic acids is 1. The predicted molar refractivity (Wildman–Crippen MR) is 124 cm³/mol. The summed E-state index contributed by atoms with van der Waals surface area (Å²) in [6.45, 7) is 2.90. The molecular weight excluding hydrogens is 476 g/mol. The molecule has 2 N–H and O–H groups in total. The number of hydrogen-bond acceptors (Lipinski definition) is 7. The van der Waals surface area contributed by atoms with Crippen LogP contribution in [0.1, 0.15) is 48.2 Å². The van der Waals surface area contributed by atoms with Crippen LogP contribution in [0.3, 0.4) is 0 Å². The van der Waals surface area contributed by atoms with Crippen LogP contribution in [-0.2, 0) is 16.1 Å². The Labute approximate surface area is 205 Å². The van der Waals surface area contributed by atoms with Gasteiger partial charge in [-0.15, -0.1) is 0 Å². The molecule has 13 heteroatoms. The van der Waals surface area contributed by atoms with Gasteiger partial charge in [0.1, 0.15) is 11.4 Å². The maximum atomic E-state index is 13.7. The number of carboxylic acid groups (broad SMARTS) is 1. The summed E-state index contributed by atoms with van der Waals surface area (Å²) in [7, 11) is 0. The average Bonchev–Trinajstić information content (AvgIpc) is 3.48. The number of carboxylic acids is 1. The standard InChI is InChI=1S/C23H27F2N7O4/c24-20(25)19-17(13-31(29-19)12-14-1-3-15(4-2-14)23(34)35)27-22(33)16-11-26-32-6-5-18(28-21(16)32)30-7-9-36-10-8-30/h5-6,11,13-15,20H,1-4,7-10,12H2,(H,27,33)(H,34,35). The van der Waals surface area contributed by atoms with Gasteiger partial charge in [-0.05, 0) is 37.7 Å². The second-order valence-electron chi connectivity index (χ2n) is 9.17. The number of nitrogens with zero attached hydrogens (tertiary/aromatic N) is 6. The second-order valence-corrected chi connectivity index (χ2v) is 9.17. The van der Waals surface area contributed by atoms with Crippen molar-refractivity contribution < 1.29 is 28.2 Å². The zero-order valence-corrected chi connectivity index (χ0v) is 19.5. The van der Waals surface area contributed by atoms with E-state index in [9.17, 15) is 18.4 Å². The third-order valence-corrected chi connectivity index (χ3v) is 6.82. The summed E-state index contributed by atoms with van der Waals surface area (Å²) in [5.41, 5.74) is -0.110. The molecule has 0 aromatic carbocycles. The number of nitrogens with one attached hydrogen (secondary N) is 1. The Balaban J connectivity index is 1.32. The van der Waals surface area contributed by atoms with Gasteiger partial charge in [-0.3, -0.25) is 14.3 Å². The first-order chi connectivity index (χ1) is 17.4. The summed E-state index contributed by atoms with van der Waals surface area (Å²) in [5, 5.41) is 19.9. The zero-order chi connectivity index (χ0) is 25.2. The minimum atomic E-state index is -2.88. The van der Waals surface area contributed by atoms with Crippen molar-refractivity contribution in [2.75, 3.05) is 36.5 Å².